The molecule has 0 atom stereocenters. The summed E-state index contributed by atoms with van der Waals surface area (Å²) in [5.74, 6) is 5.57. The number of aryl methyl sites for hydroxylation is 1. The van der Waals surface area contributed by atoms with Gasteiger partial charge >= 0.3 is 5.69 Å². The van der Waals surface area contributed by atoms with E-state index in [-0.39, 0.29) is 34.4 Å². The van der Waals surface area contributed by atoms with Crippen LogP contribution in [-0.2, 0) is 30.5 Å². The lowest BCUT2D eigenvalue weighted by Crippen LogP contribution is -2.38. The smallest absolute Gasteiger partial charge is 0.333 e. The highest BCUT2D eigenvalue weighted by atomic mass is 32.2. The molecule has 2 heterocycles. The second kappa shape index (κ2) is 7.60. The molecule has 3 aromatic rings. The zero-order valence-corrected chi connectivity index (χ0v) is 17.0. The van der Waals surface area contributed by atoms with E-state index in [2.05, 4.69) is 16.8 Å². The van der Waals surface area contributed by atoms with Crippen LogP contribution in [0.25, 0.3) is 11.2 Å². The molecule has 0 unspecified atom stereocenters. The fourth-order valence-electron chi connectivity index (χ4n) is 2.99. The number of phenolic OH excluding ortho intramolecular Hbond substituents is 1. The quantitative estimate of drug-likeness (QED) is 0.615. The second-order valence-electron chi connectivity index (χ2n) is 6.53. The third-order valence-electron chi connectivity index (χ3n) is 4.38. The highest BCUT2D eigenvalue weighted by Gasteiger charge is 2.25. The normalized spacial score (nSPS) is 11.4. The van der Waals surface area contributed by atoms with Gasteiger partial charge in [-0.25, -0.2) is 13.2 Å². The Morgan fingerprint density at radius 2 is 1.90 bits per heavy atom. The zero-order chi connectivity index (χ0) is 21.3. The van der Waals surface area contributed by atoms with Gasteiger partial charge in [0.1, 0.15) is 5.75 Å². The number of aromatic nitrogens is 4. The van der Waals surface area contributed by atoms with Gasteiger partial charge < -0.3 is 9.67 Å². The van der Waals surface area contributed by atoms with Crippen molar-refractivity contribution in [2.45, 2.75) is 25.0 Å². The standard InChI is InChI=1S/C19H20N4O5S/c1-4-11-29(27,28)18-20-16-15(21(18)2)17(25)22(3)19(26)23(16)10-6-8-13-7-5-9-14(24)12-13/h5,7,9,12,24H,4,10-11H2,1-3H3. The Hall–Kier alpha value is -3.32. The van der Waals surface area contributed by atoms with Gasteiger partial charge in [0.25, 0.3) is 5.56 Å². The molecule has 29 heavy (non-hydrogen) atoms. The first kappa shape index (κ1) is 20.4. The SMILES string of the molecule is CCCS(=O)(=O)c1nc2c(c(=O)n(C)c(=O)n2CC#Cc2cccc(O)c2)n1C. The lowest BCUT2D eigenvalue weighted by atomic mass is 10.2. The van der Waals surface area contributed by atoms with Crippen LogP contribution >= 0.6 is 0 Å². The van der Waals surface area contributed by atoms with Crippen molar-refractivity contribution in [1.82, 2.24) is 18.7 Å². The van der Waals surface area contributed by atoms with Crippen LogP contribution in [0.3, 0.4) is 0 Å². The highest BCUT2D eigenvalue weighted by molar-refractivity contribution is 7.91. The molecule has 2 aromatic heterocycles. The first-order valence-corrected chi connectivity index (χ1v) is 10.5. The van der Waals surface area contributed by atoms with Crippen LogP contribution in [-0.4, -0.2) is 38.0 Å². The van der Waals surface area contributed by atoms with Gasteiger partial charge in [0.2, 0.25) is 15.0 Å². The maximum Gasteiger partial charge on any atom is 0.333 e. The molecular formula is C19H20N4O5S. The number of aromatic hydroxyl groups is 1. The molecule has 9 nitrogen and oxygen atoms in total. The molecule has 0 saturated heterocycles. The number of fused-ring (bicyclic) bond motifs is 1. The Morgan fingerprint density at radius 1 is 1.17 bits per heavy atom. The number of hydrogen-bond acceptors (Lipinski definition) is 6. The van der Waals surface area contributed by atoms with Gasteiger partial charge in [-0.15, -0.1) is 0 Å². The van der Waals surface area contributed by atoms with Gasteiger partial charge in [-0.3, -0.25) is 13.9 Å². The van der Waals surface area contributed by atoms with Gasteiger partial charge in [0.05, 0.1) is 12.3 Å². The molecule has 0 spiro atoms. The molecule has 0 saturated carbocycles. The molecule has 0 aliphatic carbocycles. The maximum absolute atomic E-state index is 12.6. The monoisotopic (exact) mass is 416 g/mol. The van der Waals surface area contributed by atoms with E-state index in [4.69, 9.17) is 0 Å². The van der Waals surface area contributed by atoms with Gasteiger partial charge in [-0.2, -0.15) is 4.98 Å². The maximum atomic E-state index is 12.6. The summed E-state index contributed by atoms with van der Waals surface area (Å²) in [7, 11) is -0.953. The van der Waals surface area contributed by atoms with E-state index < -0.39 is 21.1 Å². The van der Waals surface area contributed by atoms with Crippen molar-refractivity contribution >= 4 is 21.0 Å². The van der Waals surface area contributed by atoms with Crippen LogP contribution in [0.4, 0.5) is 0 Å². The minimum Gasteiger partial charge on any atom is -0.508 e. The third-order valence-corrected chi connectivity index (χ3v) is 6.25. The molecule has 1 aromatic carbocycles. The Kier molecular flexibility index (Phi) is 5.35. The second-order valence-corrected chi connectivity index (χ2v) is 8.53. The summed E-state index contributed by atoms with van der Waals surface area (Å²) < 4.78 is 28.3. The summed E-state index contributed by atoms with van der Waals surface area (Å²) in [5.41, 5.74) is -0.742. The minimum atomic E-state index is -3.71. The lowest BCUT2D eigenvalue weighted by molar-refractivity contribution is 0.475. The van der Waals surface area contributed by atoms with E-state index >= 15 is 0 Å². The van der Waals surface area contributed by atoms with Crippen molar-refractivity contribution in [1.29, 1.82) is 0 Å². The van der Waals surface area contributed by atoms with Crippen LogP contribution in [0.5, 0.6) is 5.75 Å². The average Bonchev–Trinajstić information content (AvgIpc) is 3.01. The van der Waals surface area contributed by atoms with Crippen LogP contribution in [0.1, 0.15) is 18.9 Å². The number of sulfone groups is 1. The summed E-state index contributed by atoms with van der Waals surface area (Å²) in [5, 5.41) is 9.25. The molecular weight excluding hydrogens is 396 g/mol. The van der Waals surface area contributed by atoms with E-state index in [0.29, 0.717) is 12.0 Å². The van der Waals surface area contributed by atoms with E-state index in [1.165, 1.54) is 30.8 Å². The van der Waals surface area contributed by atoms with E-state index in [1.807, 2.05) is 0 Å². The van der Waals surface area contributed by atoms with Crippen molar-refractivity contribution in [3.63, 3.8) is 0 Å². The molecule has 1 N–H and O–H groups in total. The van der Waals surface area contributed by atoms with Gasteiger partial charge in [0, 0.05) is 19.7 Å². The molecule has 3 rings (SSSR count). The molecule has 10 heteroatoms. The third kappa shape index (κ3) is 3.69. The van der Waals surface area contributed by atoms with E-state index in [9.17, 15) is 23.1 Å². The molecule has 0 bridgehead atoms. The summed E-state index contributed by atoms with van der Waals surface area (Å²) in [6.45, 7) is 1.62. The average molecular weight is 416 g/mol. The zero-order valence-electron chi connectivity index (χ0n) is 16.2. The van der Waals surface area contributed by atoms with Crippen molar-refractivity contribution in [2.75, 3.05) is 5.75 Å². The summed E-state index contributed by atoms with van der Waals surface area (Å²) >= 11 is 0. The fourth-order valence-corrected chi connectivity index (χ4v) is 4.45. The van der Waals surface area contributed by atoms with Crippen LogP contribution in [0, 0.1) is 11.8 Å². The number of benzene rings is 1. The van der Waals surface area contributed by atoms with E-state index in [1.54, 1.807) is 19.1 Å². The van der Waals surface area contributed by atoms with E-state index in [0.717, 1.165) is 9.13 Å². The lowest BCUT2D eigenvalue weighted by Gasteiger charge is -2.06. The number of nitrogens with zero attached hydrogens (tertiary/aromatic N) is 4. The van der Waals surface area contributed by atoms with Crippen LogP contribution in [0.15, 0.2) is 39.0 Å². The highest BCUT2D eigenvalue weighted by Crippen LogP contribution is 2.16. The van der Waals surface area contributed by atoms with Gasteiger partial charge in [-0.1, -0.05) is 24.8 Å². The summed E-state index contributed by atoms with van der Waals surface area (Å²) in [6, 6.07) is 6.32. The molecule has 152 valence electrons. The number of imidazole rings is 1. The fraction of sp³-hybridized carbons (Fsp3) is 0.316. The summed E-state index contributed by atoms with van der Waals surface area (Å²) in [4.78, 5) is 29.3. The molecule has 0 aliphatic rings. The van der Waals surface area contributed by atoms with Crippen molar-refractivity contribution < 1.29 is 13.5 Å². The molecule has 0 fully saturated rings. The predicted molar refractivity (Wildman–Crippen MR) is 108 cm³/mol. The predicted octanol–water partition coefficient (Wildman–Crippen LogP) is 0.375. The number of rotatable bonds is 4. The minimum absolute atomic E-state index is 0.0148. The molecule has 0 aliphatic heterocycles. The number of hydrogen-bond donors (Lipinski definition) is 1. The Morgan fingerprint density at radius 3 is 2.55 bits per heavy atom. The topological polar surface area (TPSA) is 116 Å². The van der Waals surface area contributed by atoms with Crippen molar-refractivity contribution in [2.24, 2.45) is 14.1 Å². The van der Waals surface area contributed by atoms with Gasteiger partial charge in [-0.05, 0) is 24.6 Å². The summed E-state index contributed by atoms with van der Waals surface area (Å²) in [6.07, 6.45) is 0.395. The Balaban J connectivity index is 2.20. The Bertz CT molecular complexity index is 1380. The van der Waals surface area contributed by atoms with Crippen LogP contribution in [0.2, 0.25) is 0 Å². The molecule has 0 radical (unpaired) electrons. The van der Waals surface area contributed by atoms with Crippen molar-refractivity contribution in [3.8, 4) is 17.6 Å². The van der Waals surface area contributed by atoms with Gasteiger partial charge in [0.15, 0.2) is 11.2 Å². The van der Waals surface area contributed by atoms with Crippen LogP contribution < -0.4 is 11.2 Å². The number of phenols is 1. The first-order chi connectivity index (χ1) is 13.7. The Labute approximate surface area is 166 Å². The molecule has 0 amide bonds. The van der Waals surface area contributed by atoms with Crippen molar-refractivity contribution in [3.05, 3.63) is 50.7 Å². The largest absolute Gasteiger partial charge is 0.508 e. The first-order valence-electron chi connectivity index (χ1n) is 8.84.